The molecule has 2 rings (SSSR count). The molecule has 0 aromatic heterocycles. The van der Waals surface area contributed by atoms with Gasteiger partial charge in [-0.1, -0.05) is 24.3 Å². The van der Waals surface area contributed by atoms with E-state index >= 15 is 0 Å². The summed E-state index contributed by atoms with van der Waals surface area (Å²) in [7, 11) is 2.33. The fourth-order valence-corrected chi connectivity index (χ4v) is 2.21. The predicted molar refractivity (Wildman–Crippen MR) is 94.3 cm³/mol. The Labute approximate surface area is 158 Å². The smallest absolute Gasteiger partial charge is 0.466 e. The van der Waals surface area contributed by atoms with E-state index in [2.05, 4.69) is 19.5 Å². The van der Waals surface area contributed by atoms with Crippen molar-refractivity contribution in [2.24, 2.45) is 0 Å². The van der Waals surface area contributed by atoms with E-state index in [4.69, 9.17) is 0 Å². The first-order chi connectivity index (χ1) is 13.2. The van der Waals surface area contributed by atoms with Crippen molar-refractivity contribution in [1.29, 1.82) is 0 Å². The lowest BCUT2D eigenvalue weighted by molar-refractivity contribution is -0.274. The van der Waals surface area contributed by atoms with E-state index in [0.717, 1.165) is 13.2 Å². The molecular weight excluding hydrogens is 379 g/mol. The van der Waals surface area contributed by atoms with Crippen LogP contribution < -0.4 is 10.1 Å². The number of alkyl halides is 3. The van der Waals surface area contributed by atoms with Crippen LogP contribution >= 0.6 is 0 Å². The lowest BCUT2D eigenvalue weighted by atomic mass is 10.0. The Hall–Kier alpha value is -3.49. The molecule has 9 heteroatoms. The van der Waals surface area contributed by atoms with Crippen molar-refractivity contribution >= 4 is 17.6 Å². The van der Waals surface area contributed by atoms with Gasteiger partial charge < -0.3 is 19.5 Å². The van der Waals surface area contributed by atoms with Gasteiger partial charge in [0.05, 0.1) is 20.3 Å². The number of rotatable bonds is 6. The first-order valence-corrected chi connectivity index (χ1v) is 7.83. The molecule has 2 aromatic rings. The van der Waals surface area contributed by atoms with Crippen molar-refractivity contribution in [1.82, 2.24) is 0 Å². The molecule has 0 spiro atoms. The second-order valence-corrected chi connectivity index (χ2v) is 5.35. The van der Waals surface area contributed by atoms with Crippen molar-refractivity contribution < 1.29 is 37.0 Å². The molecule has 0 fully saturated rings. The quantitative estimate of drug-likeness (QED) is 0.591. The summed E-state index contributed by atoms with van der Waals surface area (Å²) in [6.07, 6.45) is -3.82. The number of methoxy groups -OCH3 is 2. The van der Waals surface area contributed by atoms with Gasteiger partial charge in [-0.25, -0.2) is 9.59 Å². The molecule has 0 aliphatic carbocycles. The molecule has 0 unspecified atom stereocenters. The van der Waals surface area contributed by atoms with Gasteiger partial charge in [0.25, 0.3) is 0 Å². The third-order valence-electron chi connectivity index (χ3n) is 3.43. The molecular formula is C19H16F3NO5. The topological polar surface area (TPSA) is 73.9 Å². The minimum atomic E-state index is -4.76. The van der Waals surface area contributed by atoms with Crippen LogP contribution in [0.5, 0.6) is 5.75 Å². The lowest BCUT2D eigenvalue weighted by Gasteiger charge is -2.11. The zero-order chi connectivity index (χ0) is 20.7. The maximum Gasteiger partial charge on any atom is 0.573 e. The third-order valence-corrected chi connectivity index (χ3v) is 3.43. The van der Waals surface area contributed by atoms with Gasteiger partial charge in [-0.3, -0.25) is 0 Å². The Morgan fingerprint density at radius 3 is 2.21 bits per heavy atom. The third kappa shape index (κ3) is 6.04. The van der Waals surface area contributed by atoms with E-state index in [1.807, 2.05) is 0 Å². The fourth-order valence-electron chi connectivity index (χ4n) is 2.21. The predicted octanol–water partition coefficient (Wildman–Crippen LogP) is 3.89. The average molecular weight is 395 g/mol. The van der Waals surface area contributed by atoms with E-state index in [1.165, 1.54) is 31.4 Å². The van der Waals surface area contributed by atoms with Gasteiger partial charge in [-0.15, -0.1) is 13.2 Å². The van der Waals surface area contributed by atoms with Crippen molar-refractivity contribution in [3.05, 3.63) is 60.3 Å². The number of carbonyl (C=O) groups excluding carboxylic acids is 2. The lowest BCUT2D eigenvalue weighted by Crippen LogP contribution is -2.16. The van der Waals surface area contributed by atoms with Crippen LogP contribution in [0.4, 0.5) is 18.9 Å². The van der Waals surface area contributed by atoms with E-state index in [0.29, 0.717) is 16.8 Å². The van der Waals surface area contributed by atoms with Crippen LogP contribution in [0.15, 0.2) is 60.3 Å². The van der Waals surface area contributed by atoms with E-state index in [-0.39, 0.29) is 11.4 Å². The summed E-state index contributed by atoms with van der Waals surface area (Å²) in [6, 6.07) is 12.0. The molecule has 0 saturated heterocycles. The monoisotopic (exact) mass is 395 g/mol. The number of halogens is 3. The minimum Gasteiger partial charge on any atom is -0.466 e. The first kappa shape index (κ1) is 20.8. The summed E-state index contributed by atoms with van der Waals surface area (Å²) < 4.78 is 49.7. The van der Waals surface area contributed by atoms with Gasteiger partial charge in [0.15, 0.2) is 0 Å². The van der Waals surface area contributed by atoms with Gasteiger partial charge in [-0.2, -0.15) is 0 Å². The fraction of sp³-hybridized carbons (Fsp3) is 0.158. The molecule has 28 heavy (non-hydrogen) atoms. The molecule has 0 atom stereocenters. The van der Waals surface area contributed by atoms with Crippen molar-refractivity contribution in [2.75, 3.05) is 19.5 Å². The van der Waals surface area contributed by atoms with Crippen LogP contribution in [-0.2, 0) is 19.1 Å². The molecule has 1 N–H and O–H groups in total. The molecule has 0 radical (unpaired) electrons. The van der Waals surface area contributed by atoms with Gasteiger partial charge in [0.2, 0.25) is 0 Å². The number of anilines is 1. The summed E-state index contributed by atoms with van der Waals surface area (Å²) in [5, 5.41) is 2.76. The molecule has 0 aliphatic heterocycles. The van der Waals surface area contributed by atoms with Crippen LogP contribution in [0.1, 0.15) is 0 Å². The highest BCUT2D eigenvalue weighted by Crippen LogP contribution is 2.28. The molecule has 0 amide bonds. The number of hydrogen-bond acceptors (Lipinski definition) is 6. The summed E-state index contributed by atoms with van der Waals surface area (Å²) >= 11 is 0. The number of benzene rings is 2. The van der Waals surface area contributed by atoms with Crippen molar-refractivity contribution in [3.8, 4) is 16.9 Å². The van der Waals surface area contributed by atoms with E-state index in [9.17, 15) is 22.8 Å². The SMILES string of the molecule is COC(=O)/C=C(/Nc1cccc(-c2ccc(OC(F)(F)F)cc2)c1)C(=O)OC. The largest absolute Gasteiger partial charge is 0.573 e. The normalized spacial score (nSPS) is 11.5. The van der Waals surface area contributed by atoms with E-state index in [1.54, 1.807) is 24.3 Å². The molecule has 2 aromatic carbocycles. The highest BCUT2D eigenvalue weighted by Gasteiger charge is 2.30. The Bertz CT molecular complexity index is 876. The van der Waals surface area contributed by atoms with Crippen molar-refractivity contribution in [2.45, 2.75) is 6.36 Å². The summed E-state index contributed by atoms with van der Waals surface area (Å²) in [4.78, 5) is 23.2. The van der Waals surface area contributed by atoms with E-state index < -0.39 is 18.3 Å². The van der Waals surface area contributed by atoms with Gasteiger partial charge >= 0.3 is 18.3 Å². The Morgan fingerprint density at radius 1 is 0.964 bits per heavy atom. The highest BCUT2D eigenvalue weighted by molar-refractivity contribution is 5.98. The Morgan fingerprint density at radius 2 is 1.64 bits per heavy atom. The molecule has 0 heterocycles. The Kier molecular flexibility index (Phi) is 6.64. The summed E-state index contributed by atoms with van der Waals surface area (Å²) in [6.45, 7) is 0. The number of hydrogen-bond donors (Lipinski definition) is 1. The number of nitrogens with one attached hydrogen (secondary N) is 1. The average Bonchev–Trinajstić information content (AvgIpc) is 2.66. The van der Waals surface area contributed by atoms with Crippen LogP contribution in [0.2, 0.25) is 0 Å². The maximum absolute atomic E-state index is 12.2. The molecule has 0 aliphatic rings. The van der Waals surface area contributed by atoms with Crippen molar-refractivity contribution in [3.63, 3.8) is 0 Å². The molecule has 0 bridgehead atoms. The Balaban J connectivity index is 2.24. The zero-order valence-electron chi connectivity index (χ0n) is 14.9. The molecule has 0 saturated carbocycles. The number of esters is 2. The highest BCUT2D eigenvalue weighted by atomic mass is 19.4. The number of ether oxygens (including phenoxy) is 3. The summed E-state index contributed by atoms with van der Waals surface area (Å²) in [5.41, 5.74) is 1.59. The summed E-state index contributed by atoms with van der Waals surface area (Å²) in [5.74, 6) is -1.85. The van der Waals surface area contributed by atoms with Gasteiger partial charge in [-0.05, 0) is 35.4 Å². The van der Waals surface area contributed by atoms with Crippen LogP contribution in [-0.4, -0.2) is 32.5 Å². The number of carbonyl (C=O) groups is 2. The molecule has 148 valence electrons. The maximum atomic E-state index is 12.2. The molecule has 6 nitrogen and oxygen atoms in total. The van der Waals surface area contributed by atoms with Gasteiger partial charge in [0, 0.05) is 5.69 Å². The standard InChI is InChI=1S/C19H16F3NO5/c1-26-17(24)11-16(18(25)27-2)23-14-5-3-4-13(10-14)12-6-8-15(9-7-12)28-19(20,21)22/h3-11,23H,1-2H3/b16-11+. The minimum absolute atomic E-state index is 0.138. The first-order valence-electron chi connectivity index (χ1n) is 7.83. The van der Waals surface area contributed by atoms with Gasteiger partial charge in [0.1, 0.15) is 11.4 Å². The second kappa shape index (κ2) is 8.94. The zero-order valence-corrected chi connectivity index (χ0v) is 14.9. The van der Waals surface area contributed by atoms with Crippen LogP contribution in [0, 0.1) is 0 Å². The second-order valence-electron chi connectivity index (χ2n) is 5.35. The van der Waals surface area contributed by atoms with Crippen LogP contribution in [0.3, 0.4) is 0 Å². The van der Waals surface area contributed by atoms with Crippen LogP contribution in [0.25, 0.3) is 11.1 Å².